The van der Waals surface area contributed by atoms with E-state index >= 15 is 0 Å². The van der Waals surface area contributed by atoms with Gasteiger partial charge in [0, 0.05) is 11.8 Å². The van der Waals surface area contributed by atoms with E-state index in [-0.39, 0.29) is 4.90 Å². The minimum atomic E-state index is -3.74. The number of hydrogen-bond donors (Lipinski definition) is 1. The Hall–Kier alpha value is -2.97. The number of anilines is 1. The van der Waals surface area contributed by atoms with Crippen LogP contribution in [0.1, 0.15) is 25.3 Å². The molecule has 2 heterocycles. The first-order chi connectivity index (χ1) is 15.0. The smallest absolute Gasteiger partial charge is 0.261 e. The summed E-state index contributed by atoms with van der Waals surface area (Å²) < 4.78 is 34.2. The lowest BCUT2D eigenvalue weighted by atomic mass is 10.1. The molecule has 0 saturated carbocycles. The van der Waals surface area contributed by atoms with Crippen LogP contribution in [0.3, 0.4) is 0 Å². The summed E-state index contributed by atoms with van der Waals surface area (Å²) in [5.74, 6) is 0.662. The van der Waals surface area contributed by atoms with Crippen molar-refractivity contribution in [1.29, 1.82) is 0 Å². The quantitative estimate of drug-likeness (QED) is 0.349. The first kappa shape index (κ1) is 21.3. The molecule has 4 rings (SSSR count). The van der Waals surface area contributed by atoms with Gasteiger partial charge in [0.2, 0.25) is 0 Å². The summed E-state index contributed by atoms with van der Waals surface area (Å²) in [4.78, 5) is 9.98. The summed E-state index contributed by atoms with van der Waals surface area (Å²) >= 11 is 1.48. The maximum Gasteiger partial charge on any atom is 0.261 e. The second-order valence-electron chi connectivity index (χ2n) is 7.16. The van der Waals surface area contributed by atoms with Gasteiger partial charge in [-0.2, -0.15) is 0 Å². The van der Waals surface area contributed by atoms with Crippen LogP contribution in [0.25, 0.3) is 20.9 Å². The lowest BCUT2D eigenvalue weighted by Crippen LogP contribution is -2.13. The Kier molecular flexibility index (Phi) is 6.20. The third-order valence-electron chi connectivity index (χ3n) is 4.80. The van der Waals surface area contributed by atoms with E-state index < -0.39 is 10.0 Å². The predicted octanol–water partition coefficient (Wildman–Crippen LogP) is 5.65. The van der Waals surface area contributed by atoms with Crippen molar-refractivity contribution in [2.75, 3.05) is 11.3 Å². The number of benzene rings is 2. The van der Waals surface area contributed by atoms with Crippen LogP contribution in [0, 0.1) is 6.92 Å². The zero-order chi connectivity index (χ0) is 21.8. The number of ether oxygens (including phenoxy) is 1. The molecular formula is C23H23N3O3S2. The van der Waals surface area contributed by atoms with Gasteiger partial charge in [-0.3, -0.25) is 4.72 Å². The Labute approximate surface area is 186 Å². The van der Waals surface area contributed by atoms with E-state index in [2.05, 4.69) is 21.6 Å². The molecule has 160 valence electrons. The van der Waals surface area contributed by atoms with Crippen LogP contribution in [-0.2, 0) is 10.0 Å². The molecule has 0 atom stereocenters. The van der Waals surface area contributed by atoms with Crippen LogP contribution in [-0.4, -0.2) is 25.0 Å². The van der Waals surface area contributed by atoms with Crippen molar-refractivity contribution < 1.29 is 13.2 Å². The van der Waals surface area contributed by atoms with Gasteiger partial charge in [0.1, 0.15) is 21.1 Å². The minimum Gasteiger partial charge on any atom is -0.494 e. The SMILES string of the molecule is CCCCOc1ccc(S(=O)(=O)Nc2cc(-c3nc4cccnc4s3)ccc2C)cc1. The second kappa shape index (κ2) is 9.03. The van der Waals surface area contributed by atoms with Gasteiger partial charge in [-0.25, -0.2) is 18.4 Å². The molecule has 2 aromatic carbocycles. The highest BCUT2D eigenvalue weighted by Gasteiger charge is 2.17. The maximum atomic E-state index is 12.9. The molecule has 0 aliphatic heterocycles. The second-order valence-corrected chi connectivity index (χ2v) is 9.82. The van der Waals surface area contributed by atoms with Crippen LogP contribution in [0.4, 0.5) is 5.69 Å². The van der Waals surface area contributed by atoms with Crippen LogP contribution in [0.5, 0.6) is 5.75 Å². The van der Waals surface area contributed by atoms with E-state index in [0.717, 1.165) is 39.3 Å². The molecule has 2 aromatic heterocycles. The molecule has 0 unspecified atom stereocenters. The van der Waals surface area contributed by atoms with Gasteiger partial charge in [0.15, 0.2) is 0 Å². The van der Waals surface area contributed by atoms with Crippen molar-refractivity contribution in [3.8, 4) is 16.3 Å². The number of hydrogen-bond acceptors (Lipinski definition) is 6. The van der Waals surface area contributed by atoms with Crippen molar-refractivity contribution >= 4 is 37.4 Å². The number of sulfonamides is 1. The summed E-state index contributed by atoms with van der Waals surface area (Å²) in [6.07, 6.45) is 3.74. The Morgan fingerprint density at radius 3 is 2.65 bits per heavy atom. The average Bonchev–Trinajstić information content (AvgIpc) is 3.20. The van der Waals surface area contributed by atoms with Gasteiger partial charge in [0.05, 0.1) is 17.2 Å². The van der Waals surface area contributed by atoms with Crippen molar-refractivity contribution in [1.82, 2.24) is 9.97 Å². The van der Waals surface area contributed by atoms with Gasteiger partial charge in [-0.15, -0.1) is 0 Å². The fraction of sp³-hybridized carbons (Fsp3) is 0.217. The minimum absolute atomic E-state index is 0.185. The van der Waals surface area contributed by atoms with E-state index in [1.807, 2.05) is 37.3 Å². The topological polar surface area (TPSA) is 81.2 Å². The van der Waals surface area contributed by atoms with E-state index in [0.29, 0.717) is 18.0 Å². The average molecular weight is 454 g/mol. The highest BCUT2D eigenvalue weighted by molar-refractivity contribution is 7.92. The van der Waals surface area contributed by atoms with Gasteiger partial charge in [-0.1, -0.05) is 36.8 Å². The molecule has 0 radical (unpaired) electrons. The number of pyridine rings is 1. The van der Waals surface area contributed by atoms with Crippen molar-refractivity contribution in [3.05, 3.63) is 66.4 Å². The normalized spacial score (nSPS) is 11.5. The zero-order valence-corrected chi connectivity index (χ0v) is 19.0. The molecule has 0 amide bonds. The van der Waals surface area contributed by atoms with Crippen molar-refractivity contribution in [2.45, 2.75) is 31.6 Å². The zero-order valence-electron chi connectivity index (χ0n) is 17.3. The van der Waals surface area contributed by atoms with Crippen LogP contribution in [0.2, 0.25) is 0 Å². The first-order valence-corrected chi connectivity index (χ1v) is 12.3. The Morgan fingerprint density at radius 1 is 1.10 bits per heavy atom. The van der Waals surface area contributed by atoms with Crippen LogP contribution >= 0.6 is 11.3 Å². The largest absolute Gasteiger partial charge is 0.494 e. The Bertz CT molecular complexity index is 1270. The number of fused-ring (bicyclic) bond motifs is 1. The maximum absolute atomic E-state index is 12.9. The van der Waals surface area contributed by atoms with Gasteiger partial charge >= 0.3 is 0 Å². The molecule has 6 nitrogen and oxygen atoms in total. The van der Waals surface area contributed by atoms with Gasteiger partial charge in [0.25, 0.3) is 10.0 Å². The third-order valence-corrected chi connectivity index (χ3v) is 7.21. The molecule has 0 spiro atoms. The fourth-order valence-electron chi connectivity index (χ4n) is 3.01. The molecular weight excluding hydrogens is 430 g/mol. The number of nitrogens with zero attached hydrogens (tertiary/aromatic N) is 2. The van der Waals surface area contributed by atoms with Gasteiger partial charge in [-0.05, 0) is 61.4 Å². The fourth-order valence-corrected chi connectivity index (χ4v) is 5.04. The summed E-state index contributed by atoms with van der Waals surface area (Å²) in [6.45, 7) is 4.58. The van der Waals surface area contributed by atoms with Crippen molar-refractivity contribution in [2.24, 2.45) is 0 Å². The van der Waals surface area contributed by atoms with Crippen LogP contribution in [0.15, 0.2) is 65.7 Å². The molecule has 0 saturated heterocycles. The number of aromatic nitrogens is 2. The summed E-state index contributed by atoms with van der Waals surface area (Å²) in [5, 5.41) is 0.794. The monoisotopic (exact) mass is 453 g/mol. The summed E-state index contributed by atoms with van der Waals surface area (Å²) in [5.41, 5.74) is 3.01. The molecule has 0 bridgehead atoms. The van der Waals surface area contributed by atoms with Crippen LogP contribution < -0.4 is 9.46 Å². The molecule has 31 heavy (non-hydrogen) atoms. The van der Waals surface area contributed by atoms with E-state index in [4.69, 9.17) is 4.74 Å². The summed E-state index contributed by atoms with van der Waals surface area (Å²) in [6, 6.07) is 15.9. The Balaban J connectivity index is 1.57. The molecule has 0 aliphatic rings. The number of nitrogens with one attached hydrogen (secondary N) is 1. The lowest BCUT2D eigenvalue weighted by Gasteiger charge is -2.12. The van der Waals surface area contributed by atoms with Gasteiger partial charge < -0.3 is 4.74 Å². The Morgan fingerprint density at radius 2 is 1.90 bits per heavy atom. The number of aryl methyl sites for hydroxylation is 1. The summed E-state index contributed by atoms with van der Waals surface area (Å²) in [7, 11) is -3.74. The van der Waals surface area contributed by atoms with E-state index in [1.54, 1.807) is 30.5 Å². The lowest BCUT2D eigenvalue weighted by molar-refractivity contribution is 0.309. The van der Waals surface area contributed by atoms with E-state index in [1.165, 1.54) is 11.3 Å². The number of thiazole rings is 1. The highest BCUT2D eigenvalue weighted by Crippen LogP contribution is 2.32. The third kappa shape index (κ3) is 4.86. The highest BCUT2D eigenvalue weighted by atomic mass is 32.2. The first-order valence-electron chi connectivity index (χ1n) is 10.0. The van der Waals surface area contributed by atoms with Crippen molar-refractivity contribution in [3.63, 3.8) is 0 Å². The molecule has 8 heteroatoms. The molecule has 1 N–H and O–H groups in total. The molecule has 0 aliphatic carbocycles. The number of unbranched alkanes of at least 4 members (excludes halogenated alkanes) is 1. The standard InChI is InChI=1S/C23H23N3O3S2/c1-3-4-14-29-18-9-11-19(12-10-18)31(27,28)26-21-15-17(8-7-16(21)2)22-25-20-6-5-13-24-23(20)30-22/h5-13,15,26H,3-4,14H2,1-2H3. The molecule has 4 aromatic rings. The predicted molar refractivity (Wildman–Crippen MR) is 125 cm³/mol. The van der Waals surface area contributed by atoms with E-state index in [9.17, 15) is 8.42 Å². The number of rotatable bonds is 8. The molecule has 0 fully saturated rings.